The van der Waals surface area contributed by atoms with E-state index in [-0.39, 0.29) is 34.7 Å². The lowest BCUT2D eigenvalue weighted by atomic mass is 9.69. The number of nitrogens with zero attached hydrogens (tertiary/aromatic N) is 6. The van der Waals surface area contributed by atoms with Gasteiger partial charge in [0.25, 0.3) is 11.8 Å². The van der Waals surface area contributed by atoms with E-state index in [0.29, 0.717) is 36.6 Å². The van der Waals surface area contributed by atoms with Crippen LogP contribution in [-0.4, -0.2) is 53.7 Å². The number of tetrazole rings is 1. The number of H-pyrrole nitrogens is 1. The lowest BCUT2D eigenvalue weighted by Crippen LogP contribution is -2.51. The van der Waals surface area contributed by atoms with Gasteiger partial charge in [-0.1, -0.05) is 65.0 Å². The minimum absolute atomic E-state index is 0.0384. The molecule has 2 aliphatic rings. The van der Waals surface area contributed by atoms with Crippen LogP contribution in [0.1, 0.15) is 119 Å². The molecular weight excluding hydrogens is 609 g/mol. The van der Waals surface area contributed by atoms with Gasteiger partial charge in [0.2, 0.25) is 0 Å². The van der Waals surface area contributed by atoms with Crippen LogP contribution in [0.4, 0.5) is 13.2 Å². The van der Waals surface area contributed by atoms with E-state index in [1.165, 1.54) is 12.1 Å². The Morgan fingerprint density at radius 3 is 2.30 bits per heavy atom. The molecule has 0 bridgehead atoms. The number of aromatic amines is 1. The Bertz CT molecular complexity index is 1600. The molecule has 1 fully saturated rings. The molecule has 10 nitrogen and oxygen atoms in total. The number of pyridine rings is 1. The average Bonchev–Trinajstić information content (AvgIpc) is 3.62. The van der Waals surface area contributed by atoms with E-state index in [9.17, 15) is 22.8 Å². The van der Waals surface area contributed by atoms with Gasteiger partial charge in [-0.05, 0) is 85.1 Å². The SMILES string of the molecule is CC(C)(C)CC[C@H](c1ccc(C(=O)NCc2nn[nH]n2)cc1)N1C(=O)C(c2cccc(C(F)(F)F)n2)=NC12CCC(C(C)(C)C)CC2. The summed E-state index contributed by atoms with van der Waals surface area (Å²) in [5.41, 5.74) is -0.848. The summed E-state index contributed by atoms with van der Waals surface area (Å²) < 4.78 is 41.0. The maximum absolute atomic E-state index is 14.5. The Morgan fingerprint density at radius 2 is 1.72 bits per heavy atom. The highest BCUT2D eigenvalue weighted by Crippen LogP contribution is 2.50. The van der Waals surface area contributed by atoms with Crippen molar-refractivity contribution >= 4 is 17.5 Å². The molecule has 3 heterocycles. The summed E-state index contributed by atoms with van der Waals surface area (Å²) in [7, 11) is 0. The van der Waals surface area contributed by atoms with Crippen LogP contribution in [0.15, 0.2) is 47.5 Å². The van der Waals surface area contributed by atoms with Gasteiger partial charge in [0.1, 0.15) is 11.4 Å². The largest absolute Gasteiger partial charge is 0.433 e. The van der Waals surface area contributed by atoms with E-state index in [4.69, 9.17) is 4.99 Å². The maximum atomic E-state index is 14.5. The highest BCUT2D eigenvalue weighted by atomic mass is 19.4. The van der Waals surface area contributed by atoms with E-state index >= 15 is 0 Å². The summed E-state index contributed by atoms with van der Waals surface area (Å²) in [6.07, 6.45) is -0.460. The van der Waals surface area contributed by atoms with Crippen LogP contribution in [-0.2, 0) is 17.5 Å². The zero-order valence-corrected chi connectivity index (χ0v) is 27.8. The van der Waals surface area contributed by atoms with Crippen molar-refractivity contribution in [1.29, 1.82) is 0 Å². The number of rotatable bonds is 8. The molecule has 1 aromatic carbocycles. The predicted octanol–water partition coefficient (Wildman–Crippen LogP) is 6.68. The summed E-state index contributed by atoms with van der Waals surface area (Å²) in [5.74, 6) is 0.0199. The number of aromatic nitrogens is 5. The van der Waals surface area contributed by atoms with Gasteiger partial charge >= 0.3 is 6.18 Å². The monoisotopic (exact) mass is 652 g/mol. The summed E-state index contributed by atoms with van der Waals surface area (Å²) >= 11 is 0. The van der Waals surface area contributed by atoms with Crippen LogP contribution >= 0.6 is 0 Å². The van der Waals surface area contributed by atoms with Crippen LogP contribution in [0.5, 0.6) is 0 Å². The van der Waals surface area contributed by atoms with Crippen molar-refractivity contribution in [2.45, 2.75) is 104 Å². The molecular formula is C34H43F3N8O2. The Morgan fingerprint density at radius 1 is 1.04 bits per heavy atom. The second kappa shape index (κ2) is 12.8. The fourth-order valence-corrected chi connectivity index (χ4v) is 6.62. The predicted molar refractivity (Wildman–Crippen MR) is 170 cm³/mol. The molecule has 1 aliphatic carbocycles. The van der Waals surface area contributed by atoms with Crippen molar-refractivity contribution in [3.63, 3.8) is 0 Å². The third kappa shape index (κ3) is 7.70. The minimum atomic E-state index is -4.66. The first-order valence-corrected chi connectivity index (χ1v) is 16.1. The summed E-state index contributed by atoms with van der Waals surface area (Å²) in [4.78, 5) is 38.1. The van der Waals surface area contributed by atoms with Crippen molar-refractivity contribution in [2.75, 3.05) is 0 Å². The molecule has 2 N–H and O–H groups in total. The molecule has 1 spiro atoms. The molecule has 0 radical (unpaired) electrons. The molecule has 47 heavy (non-hydrogen) atoms. The first kappa shape index (κ1) is 34.2. The number of amides is 2. The van der Waals surface area contributed by atoms with Gasteiger partial charge in [-0.3, -0.25) is 9.59 Å². The molecule has 0 unspecified atom stereocenters. The quantitative estimate of drug-likeness (QED) is 0.280. The molecule has 0 saturated heterocycles. The van der Waals surface area contributed by atoms with Crippen LogP contribution < -0.4 is 5.32 Å². The topological polar surface area (TPSA) is 129 Å². The molecule has 1 saturated carbocycles. The number of nitrogens with one attached hydrogen (secondary N) is 2. The van der Waals surface area contributed by atoms with Gasteiger partial charge in [0.05, 0.1) is 18.3 Å². The zero-order valence-electron chi connectivity index (χ0n) is 27.8. The van der Waals surface area contributed by atoms with Crippen molar-refractivity contribution < 1.29 is 22.8 Å². The van der Waals surface area contributed by atoms with Gasteiger partial charge in [0, 0.05) is 5.56 Å². The molecule has 252 valence electrons. The number of hydrogen-bond donors (Lipinski definition) is 2. The lowest BCUT2D eigenvalue weighted by Gasteiger charge is -2.47. The van der Waals surface area contributed by atoms with Gasteiger partial charge in [-0.2, -0.15) is 18.4 Å². The number of hydrogen-bond acceptors (Lipinski definition) is 7. The van der Waals surface area contributed by atoms with Crippen LogP contribution in [0.25, 0.3) is 0 Å². The van der Waals surface area contributed by atoms with Crippen LogP contribution in [0, 0.1) is 16.7 Å². The Hall–Kier alpha value is -4.16. The van der Waals surface area contributed by atoms with Crippen molar-refractivity contribution in [2.24, 2.45) is 21.7 Å². The van der Waals surface area contributed by atoms with Gasteiger partial charge in [-0.15, -0.1) is 10.2 Å². The molecule has 3 aromatic rings. The standard InChI is InChI=1S/C34H43F3N8O2/c1-31(2,3)17-16-25(21-10-12-22(13-11-21)29(46)38-20-27-41-43-44-42-27)45-30(47)28(24-8-7-9-26(39-24)34(35,36)37)40-33(45)18-14-23(15-19-33)32(4,5)6/h7-13,23,25H,14-20H2,1-6H3,(H,38,46)(H,41,42,43,44)/t23?,25-,33?/m1/s1. The molecule has 2 aromatic heterocycles. The summed E-state index contributed by atoms with van der Waals surface area (Å²) in [5, 5.41) is 16.3. The number of aliphatic imine (C=N–C) groups is 1. The maximum Gasteiger partial charge on any atom is 0.433 e. The molecule has 13 heteroatoms. The number of carbonyl (C=O) groups excluding carboxylic acids is 2. The van der Waals surface area contributed by atoms with Crippen molar-refractivity contribution in [3.05, 3.63) is 70.8 Å². The Balaban J connectivity index is 1.52. The van der Waals surface area contributed by atoms with E-state index in [1.54, 1.807) is 12.1 Å². The Labute approximate surface area is 273 Å². The van der Waals surface area contributed by atoms with Crippen molar-refractivity contribution in [3.8, 4) is 0 Å². The lowest BCUT2D eigenvalue weighted by molar-refractivity contribution is -0.141. The van der Waals surface area contributed by atoms with Gasteiger partial charge < -0.3 is 10.2 Å². The zero-order chi connectivity index (χ0) is 34.2. The highest BCUT2D eigenvalue weighted by Gasteiger charge is 2.53. The number of benzene rings is 1. The summed E-state index contributed by atoms with van der Waals surface area (Å²) in [6, 6.07) is 10.3. The number of carbonyl (C=O) groups is 2. The smallest absolute Gasteiger partial charge is 0.345 e. The fourth-order valence-electron chi connectivity index (χ4n) is 6.62. The number of halogens is 3. The highest BCUT2D eigenvalue weighted by molar-refractivity contribution is 6.46. The van der Waals surface area contributed by atoms with Gasteiger partial charge in [0.15, 0.2) is 11.5 Å². The molecule has 1 aliphatic heterocycles. The molecule has 1 atom stereocenters. The Kier molecular flexibility index (Phi) is 9.31. The third-order valence-electron chi connectivity index (χ3n) is 9.32. The van der Waals surface area contributed by atoms with E-state index in [1.807, 2.05) is 17.0 Å². The second-order valence-electron chi connectivity index (χ2n) is 14.9. The summed E-state index contributed by atoms with van der Waals surface area (Å²) in [6.45, 7) is 13.1. The minimum Gasteiger partial charge on any atom is -0.345 e. The first-order valence-electron chi connectivity index (χ1n) is 16.1. The van der Waals surface area contributed by atoms with Gasteiger partial charge in [-0.25, -0.2) is 9.98 Å². The van der Waals surface area contributed by atoms with Crippen molar-refractivity contribution in [1.82, 2.24) is 35.8 Å². The average molecular weight is 653 g/mol. The van der Waals surface area contributed by atoms with E-state index in [0.717, 1.165) is 30.9 Å². The molecule has 5 rings (SSSR count). The third-order valence-corrected chi connectivity index (χ3v) is 9.32. The first-order chi connectivity index (χ1) is 22.0. The number of alkyl halides is 3. The normalized spacial score (nSPS) is 21.2. The fraction of sp³-hybridized carbons (Fsp3) is 0.559. The van der Waals surface area contributed by atoms with Crippen LogP contribution in [0.2, 0.25) is 0 Å². The molecule has 2 amide bonds. The second-order valence-corrected chi connectivity index (χ2v) is 14.9. The van der Waals surface area contributed by atoms with E-state index < -0.39 is 29.5 Å². The van der Waals surface area contributed by atoms with Crippen LogP contribution in [0.3, 0.4) is 0 Å². The van der Waals surface area contributed by atoms with E-state index in [2.05, 4.69) is 72.5 Å².